The average Bonchev–Trinajstić information content (AvgIpc) is 2.76. The molecule has 6 heteroatoms. The van der Waals surface area contributed by atoms with Crippen LogP contribution in [0.3, 0.4) is 0 Å². The van der Waals surface area contributed by atoms with Gasteiger partial charge in [-0.2, -0.15) is 0 Å². The topological polar surface area (TPSA) is 66.9 Å². The molecule has 1 amide bonds. The molecule has 0 spiro atoms. The van der Waals surface area contributed by atoms with Crippen molar-refractivity contribution in [1.29, 1.82) is 0 Å². The molecule has 82 valence electrons. The van der Waals surface area contributed by atoms with Gasteiger partial charge in [-0.15, -0.1) is 10.2 Å². The van der Waals surface area contributed by atoms with Crippen LogP contribution in [-0.4, -0.2) is 28.7 Å². The van der Waals surface area contributed by atoms with Gasteiger partial charge in [-0.1, -0.05) is 25.2 Å². The summed E-state index contributed by atoms with van der Waals surface area (Å²) in [5.41, 5.74) is 0. The summed E-state index contributed by atoms with van der Waals surface area (Å²) in [7, 11) is 0. The average molecular weight is 226 g/mol. The van der Waals surface area contributed by atoms with E-state index < -0.39 is 0 Å². The van der Waals surface area contributed by atoms with Crippen molar-refractivity contribution in [2.45, 2.75) is 32.2 Å². The fourth-order valence-electron chi connectivity index (χ4n) is 1.41. The van der Waals surface area contributed by atoms with Crippen LogP contribution in [0.4, 0.5) is 5.13 Å². The van der Waals surface area contributed by atoms with Gasteiger partial charge in [0.15, 0.2) is 0 Å². The SMILES string of the molecule is CC(C)c1nnc(NC2CNC(=O)C2)s1. The monoisotopic (exact) mass is 226 g/mol. The lowest BCUT2D eigenvalue weighted by atomic mass is 10.2. The number of carbonyl (C=O) groups is 1. The second-order valence-corrected chi connectivity index (χ2v) is 4.96. The summed E-state index contributed by atoms with van der Waals surface area (Å²) in [6.45, 7) is 4.85. The molecule has 2 N–H and O–H groups in total. The van der Waals surface area contributed by atoms with E-state index in [4.69, 9.17) is 0 Å². The van der Waals surface area contributed by atoms with Crippen molar-refractivity contribution in [3.8, 4) is 0 Å². The Morgan fingerprint density at radius 3 is 2.87 bits per heavy atom. The number of anilines is 1. The van der Waals surface area contributed by atoms with Gasteiger partial charge >= 0.3 is 0 Å². The standard InChI is InChI=1S/C9H14N4OS/c1-5(2)8-12-13-9(15-8)11-6-3-7(14)10-4-6/h5-6H,3-4H2,1-2H3,(H,10,14)(H,11,13). The number of amides is 1. The molecule has 2 rings (SSSR count). The maximum atomic E-state index is 11.0. The lowest BCUT2D eigenvalue weighted by Crippen LogP contribution is -2.22. The quantitative estimate of drug-likeness (QED) is 0.805. The summed E-state index contributed by atoms with van der Waals surface area (Å²) < 4.78 is 0. The molecule has 0 saturated carbocycles. The largest absolute Gasteiger partial charge is 0.355 e. The molecular weight excluding hydrogens is 212 g/mol. The van der Waals surface area contributed by atoms with Gasteiger partial charge in [-0.05, 0) is 0 Å². The highest BCUT2D eigenvalue weighted by atomic mass is 32.1. The van der Waals surface area contributed by atoms with E-state index in [2.05, 4.69) is 34.7 Å². The normalized spacial score (nSPS) is 20.7. The van der Waals surface area contributed by atoms with Gasteiger partial charge in [-0.25, -0.2) is 0 Å². The van der Waals surface area contributed by atoms with E-state index in [-0.39, 0.29) is 11.9 Å². The Balaban J connectivity index is 1.96. The van der Waals surface area contributed by atoms with Crippen molar-refractivity contribution in [2.24, 2.45) is 0 Å². The van der Waals surface area contributed by atoms with Crippen LogP contribution in [0.15, 0.2) is 0 Å². The van der Waals surface area contributed by atoms with Crippen LogP contribution in [-0.2, 0) is 4.79 Å². The Kier molecular flexibility index (Phi) is 2.86. The van der Waals surface area contributed by atoms with E-state index in [0.717, 1.165) is 10.1 Å². The highest BCUT2D eigenvalue weighted by molar-refractivity contribution is 7.15. The molecule has 1 aliphatic rings. The molecule has 1 aromatic heterocycles. The first-order valence-corrected chi connectivity index (χ1v) is 5.83. The minimum Gasteiger partial charge on any atom is -0.355 e. The molecule has 0 bridgehead atoms. The van der Waals surface area contributed by atoms with Crippen molar-refractivity contribution in [3.63, 3.8) is 0 Å². The van der Waals surface area contributed by atoms with E-state index in [1.165, 1.54) is 0 Å². The Hall–Kier alpha value is -1.17. The van der Waals surface area contributed by atoms with Gasteiger partial charge in [0.1, 0.15) is 5.01 Å². The molecule has 0 aromatic carbocycles. The first-order valence-electron chi connectivity index (χ1n) is 5.02. The van der Waals surface area contributed by atoms with Gasteiger partial charge in [0.25, 0.3) is 0 Å². The fraction of sp³-hybridized carbons (Fsp3) is 0.667. The van der Waals surface area contributed by atoms with Crippen LogP contribution < -0.4 is 10.6 Å². The second kappa shape index (κ2) is 4.14. The predicted molar refractivity (Wildman–Crippen MR) is 59.0 cm³/mol. The summed E-state index contributed by atoms with van der Waals surface area (Å²) in [6, 6.07) is 0.158. The molecular formula is C9H14N4OS. The Morgan fingerprint density at radius 1 is 1.53 bits per heavy atom. The first kappa shape index (κ1) is 10.4. The second-order valence-electron chi connectivity index (χ2n) is 3.95. The van der Waals surface area contributed by atoms with E-state index in [0.29, 0.717) is 18.9 Å². The maximum Gasteiger partial charge on any atom is 0.222 e. The number of rotatable bonds is 3. The summed E-state index contributed by atoms with van der Waals surface area (Å²) in [4.78, 5) is 11.0. The Bertz CT molecular complexity index is 363. The molecule has 2 heterocycles. The van der Waals surface area contributed by atoms with E-state index in [1.807, 2.05) is 0 Å². The Labute approximate surface area is 92.3 Å². The zero-order valence-corrected chi connectivity index (χ0v) is 9.60. The number of hydrogen-bond acceptors (Lipinski definition) is 5. The van der Waals surface area contributed by atoms with Gasteiger partial charge in [0.05, 0.1) is 6.04 Å². The predicted octanol–water partition coefficient (Wildman–Crippen LogP) is 0.962. The van der Waals surface area contributed by atoms with Crippen LogP contribution in [0.1, 0.15) is 31.2 Å². The van der Waals surface area contributed by atoms with Crippen LogP contribution in [0.2, 0.25) is 0 Å². The van der Waals surface area contributed by atoms with E-state index in [1.54, 1.807) is 11.3 Å². The van der Waals surface area contributed by atoms with E-state index >= 15 is 0 Å². The summed E-state index contributed by atoms with van der Waals surface area (Å²) in [5.74, 6) is 0.502. The number of carbonyl (C=O) groups excluding carboxylic acids is 1. The van der Waals surface area contributed by atoms with E-state index in [9.17, 15) is 4.79 Å². The van der Waals surface area contributed by atoms with Crippen LogP contribution in [0.5, 0.6) is 0 Å². The number of nitrogens with zero attached hydrogens (tertiary/aromatic N) is 2. The molecule has 0 radical (unpaired) electrons. The molecule has 0 aliphatic carbocycles. The smallest absolute Gasteiger partial charge is 0.222 e. The fourth-order valence-corrected chi connectivity index (χ4v) is 2.23. The highest BCUT2D eigenvalue weighted by Crippen LogP contribution is 2.23. The molecule has 1 unspecified atom stereocenters. The molecule has 1 atom stereocenters. The van der Waals surface area contributed by atoms with Crippen molar-refractivity contribution in [3.05, 3.63) is 5.01 Å². The minimum atomic E-state index is 0.0982. The number of nitrogens with one attached hydrogen (secondary N) is 2. The van der Waals surface area contributed by atoms with Crippen molar-refractivity contribution in [1.82, 2.24) is 15.5 Å². The van der Waals surface area contributed by atoms with Crippen LogP contribution in [0, 0.1) is 0 Å². The maximum absolute atomic E-state index is 11.0. The van der Waals surface area contributed by atoms with Crippen molar-refractivity contribution < 1.29 is 4.79 Å². The first-order chi connectivity index (χ1) is 7.15. The lowest BCUT2D eigenvalue weighted by Gasteiger charge is -2.06. The molecule has 1 aliphatic heterocycles. The zero-order chi connectivity index (χ0) is 10.8. The Morgan fingerprint density at radius 2 is 2.33 bits per heavy atom. The van der Waals surface area contributed by atoms with Gasteiger partial charge < -0.3 is 10.6 Å². The van der Waals surface area contributed by atoms with Gasteiger partial charge in [0, 0.05) is 18.9 Å². The van der Waals surface area contributed by atoms with Gasteiger partial charge in [-0.3, -0.25) is 4.79 Å². The highest BCUT2D eigenvalue weighted by Gasteiger charge is 2.22. The number of aromatic nitrogens is 2. The van der Waals surface area contributed by atoms with Crippen molar-refractivity contribution in [2.75, 3.05) is 11.9 Å². The summed E-state index contributed by atoms with van der Waals surface area (Å²) in [5, 5.41) is 15.9. The third kappa shape index (κ3) is 2.44. The molecule has 1 aromatic rings. The molecule has 1 saturated heterocycles. The minimum absolute atomic E-state index is 0.0982. The third-order valence-electron chi connectivity index (χ3n) is 2.24. The number of hydrogen-bond donors (Lipinski definition) is 2. The molecule has 5 nitrogen and oxygen atoms in total. The molecule has 1 fully saturated rings. The van der Waals surface area contributed by atoms with Gasteiger partial charge in [0.2, 0.25) is 11.0 Å². The third-order valence-corrected chi connectivity index (χ3v) is 3.39. The summed E-state index contributed by atoms with van der Waals surface area (Å²) >= 11 is 1.56. The zero-order valence-electron chi connectivity index (χ0n) is 8.78. The molecule has 15 heavy (non-hydrogen) atoms. The van der Waals surface area contributed by atoms with Crippen LogP contribution in [0.25, 0.3) is 0 Å². The van der Waals surface area contributed by atoms with Crippen molar-refractivity contribution >= 4 is 22.4 Å². The lowest BCUT2D eigenvalue weighted by molar-refractivity contribution is -0.119. The van der Waals surface area contributed by atoms with Crippen LogP contribution >= 0.6 is 11.3 Å². The summed E-state index contributed by atoms with van der Waals surface area (Å²) in [6.07, 6.45) is 0.524.